The molecule has 0 atom stereocenters. The second-order valence-corrected chi connectivity index (χ2v) is 3.03. The maximum Gasteiger partial charge on any atom is 0.204 e. The lowest BCUT2D eigenvalue weighted by molar-refractivity contribution is 0.0961. The molecule has 0 saturated heterocycles. The molecule has 1 aromatic rings. The number of methoxy groups -OCH3 is 1. The van der Waals surface area contributed by atoms with Crippen molar-refractivity contribution in [1.29, 1.82) is 0 Å². The molecule has 0 bridgehead atoms. The van der Waals surface area contributed by atoms with E-state index in [9.17, 15) is 4.79 Å². The molecular formula is C10H10O3. The Kier molecular flexibility index (Phi) is 1.72. The fourth-order valence-corrected chi connectivity index (χ4v) is 1.44. The van der Waals surface area contributed by atoms with Crippen molar-refractivity contribution < 1.29 is 14.3 Å². The Morgan fingerprint density at radius 3 is 2.92 bits per heavy atom. The molecule has 1 heterocycles. The van der Waals surface area contributed by atoms with E-state index in [4.69, 9.17) is 9.47 Å². The lowest BCUT2D eigenvalue weighted by Crippen LogP contribution is -1.99. The van der Waals surface area contributed by atoms with Crippen LogP contribution in [0, 0.1) is 6.92 Å². The normalized spacial score (nSPS) is 13.8. The number of hydrogen-bond donors (Lipinski definition) is 0. The van der Waals surface area contributed by atoms with Crippen LogP contribution < -0.4 is 9.47 Å². The van der Waals surface area contributed by atoms with Gasteiger partial charge in [-0.1, -0.05) is 0 Å². The van der Waals surface area contributed by atoms with Crippen LogP contribution in [0.1, 0.15) is 15.9 Å². The largest absolute Gasteiger partial charge is 0.496 e. The number of benzene rings is 1. The van der Waals surface area contributed by atoms with Crippen LogP contribution in [-0.4, -0.2) is 19.5 Å². The first kappa shape index (κ1) is 8.10. The molecule has 0 N–H and O–H groups in total. The topological polar surface area (TPSA) is 35.5 Å². The van der Waals surface area contributed by atoms with Gasteiger partial charge in [-0.25, -0.2) is 0 Å². The molecule has 0 saturated carbocycles. The Labute approximate surface area is 76.3 Å². The minimum absolute atomic E-state index is 0.0216. The van der Waals surface area contributed by atoms with Crippen molar-refractivity contribution in [2.75, 3.05) is 13.7 Å². The number of fused-ring (bicyclic) bond motifs is 1. The van der Waals surface area contributed by atoms with E-state index in [1.54, 1.807) is 13.2 Å². The molecule has 0 aliphatic carbocycles. The van der Waals surface area contributed by atoms with E-state index >= 15 is 0 Å². The number of carbonyl (C=O) groups excluding carboxylic acids is 1. The smallest absolute Gasteiger partial charge is 0.204 e. The third kappa shape index (κ3) is 1.16. The van der Waals surface area contributed by atoms with Gasteiger partial charge in [0.1, 0.15) is 11.5 Å². The lowest BCUT2D eigenvalue weighted by Gasteiger charge is -2.05. The average molecular weight is 178 g/mol. The molecule has 3 heteroatoms. The Balaban J connectivity index is 2.57. The molecule has 2 rings (SSSR count). The zero-order valence-electron chi connectivity index (χ0n) is 7.59. The highest BCUT2D eigenvalue weighted by Gasteiger charge is 2.22. The fourth-order valence-electron chi connectivity index (χ4n) is 1.44. The van der Waals surface area contributed by atoms with E-state index in [2.05, 4.69) is 0 Å². The maximum atomic E-state index is 11.3. The van der Waals surface area contributed by atoms with Crippen molar-refractivity contribution in [1.82, 2.24) is 0 Å². The van der Waals surface area contributed by atoms with Crippen LogP contribution in [0.2, 0.25) is 0 Å². The summed E-state index contributed by atoms with van der Waals surface area (Å²) < 4.78 is 10.3. The van der Waals surface area contributed by atoms with Gasteiger partial charge >= 0.3 is 0 Å². The van der Waals surface area contributed by atoms with Crippen LogP contribution >= 0.6 is 0 Å². The van der Waals surface area contributed by atoms with Crippen molar-refractivity contribution in [2.24, 2.45) is 0 Å². The summed E-state index contributed by atoms with van der Waals surface area (Å²) in [5.74, 6) is 1.43. The molecular weight excluding hydrogens is 168 g/mol. The number of Topliss-reactive ketones (excluding diaryl/α,β-unsaturated/α-hetero) is 1. The Hall–Kier alpha value is -1.51. The summed E-state index contributed by atoms with van der Waals surface area (Å²) in [4.78, 5) is 11.3. The van der Waals surface area contributed by atoms with Gasteiger partial charge in [0, 0.05) is 0 Å². The molecule has 0 radical (unpaired) electrons. The van der Waals surface area contributed by atoms with Gasteiger partial charge < -0.3 is 9.47 Å². The molecule has 0 aromatic heterocycles. The molecule has 0 amide bonds. The minimum Gasteiger partial charge on any atom is -0.496 e. The number of rotatable bonds is 1. The van der Waals surface area contributed by atoms with Crippen LogP contribution in [0.5, 0.6) is 11.5 Å². The predicted molar refractivity (Wildman–Crippen MR) is 47.6 cm³/mol. The number of carbonyl (C=O) groups is 1. The monoisotopic (exact) mass is 178 g/mol. The number of ketones is 1. The summed E-state index contributed by atoms with van der Waals surface area (Å²) in [6.45, 7) is 2.08. The van der Waals surface area contributed by atoms with E-state index in [0.717, 1.165) is 11.3 Å². The summed E-state index contributed by atoms with van der Waals surface area (Å²) in [5, 5.41) is 0. The molecule has 1 aliphatic rings. The van der Waals surface area contributed by atoms with Crippen molar-refractivity contribution in [3.8, 4) is 11.5 Å². The number of aryl methyl sites for hydroxylation is 1. The molecule has 0 spiro atoms. The summed E-state index contributed by atoms with van der Waals surface area (Å²) in [5.41, 5.74) is 1.61. The Morgan fingerprint density at radius 1 is 1.46 bits per heavy atom. The molecule has 68 valence electrons. The number of hydrogen-bond acceptors (Lipinski definition) is 3. The Morgan fingerprint density at radius 2 is 2.23 bits per heavy atom. The molecule has 0 fully saturated rings. The maximum absolute atomic E-state index is 11.3. The van der Waals surface area contributed by atoms with E-state index in [1.807, 2.05) is 13.0 Å². The molecule has 13 heavy (non-hydrogen) atoms. The van der Waals surface area contributed by atoms with Gasteiger partial charge in [0.15, 0.2) is 6.61 Å². The van der Waals surface area contributed by atoms with Crippen LogP contribution in [0.3, 0.4) is 0 Å². The quantitative estimate of drug-likeness (QED) is 0.655. The third-order valence-electron chi connectivity index (χ3n) is 2.16. The van der Waals surface area contributed by atoms with Gasteiger partial charge in [0.25, 0.3) is 0 Å². The van der Waals surface area contributed by atoms with Crippen LogP contribution in [0.25, 0.3) is 0 Å². The molecule has 0 unspecified atom stereocenters. The molecule has 1 aliphatic heterocycles. The summed E-state index contributed by atoms with van der Waals surface area (Å²) in [6.07, 6.45) is 0. The van der Waals surface area contributed by atoms with E-state index in [-0.39, 0.29) is 12.4 Å². The van der Waals surface area contributed by atoms with Crippen molar-refractivity contribution >= 4 is 5.78 Å². The third-order valence-corrected chi connectivity index (χ3v) is 2.16. The highest BCUT2D eigenvalue weighted by molar-refractivity contribution is 6.02. The van der Waals surface area contributed by atoms with Crippen LogP contribution in [-0.2, 0) is 0 Å². The first-order chi connectivity index (χ1) is 6.22. The van der Waals surface area contributed by atoms with Crippen molar-refractivity contribution in [2.45, 2.75) is 6.92 Å². The first-order valence-electron chi connectivity index (χ1n) is 4.07. The van der Waals surface area contributed by atoms with Crippen LogP contribution in [0.4, 0.5) is 0 Å². The standard InChI is InChI=1S/C10H10O3/c1-6-3-10-7(4-9(6)12-2)8(11)5-13-10/h3-4H,5H2,1-2H3. The van der Waals surface area contributed by atoms with Gasteiger partial charge in [-0.3, -0.25) is 4.79 Å². The first-order valence-corrected chi connectivity index (χ1v) is 4.07. The van der Waals surface area contributed by atoms with Gasteiger partial charge in [-0.15, -0.1) is 0 Å². The van der Waals surface area contributed by atoms with Crippen LogP contribution in [0.15, 0.2) is 12.1 Å². The lowest BCUT2D eigenvalue weighted by atomic mass is 10.1. The fraction of sp³-hybridized carbons (Fsp3) is 0.300. The van der Waals surface area contributed by atoms with E-state index < -0.39 is 0 Å². The summed E-state index contributed by atoms with van der Waals surface area (Å²) in [6, 6.07) is 3.57. The average Bonchev–Trinajstić information content (AvgIpc) is 2.46. The van der Waals surface area contributed by atoms with Crippen molar-refractivity contribution in [3.63, 3.8) is 0 Å². The van der Waals surface area contributed by atoms with Gasteiger partial charge in [0.05, 0.1) is 12.7 Å². The SMILES string of the molecule is COc1cc2c(cc1C)OCC2=O. The van der Waals surface area contributed by atoms with E-state index in [1.165, 1.54) is 0 Å². The molecule has 3 nitrogen and oxygen atoms in total. The predicted octanol–water partition coefficient (Wildman–Crippen LogP) is 1.58. The highest BCUT2D eigenvalue weighted by atomic mass is 16.5. The van der Waals surface area contributed by atoms with E-state index in [0.29, 0.717) is 11.3 Å². The van der Waals surface area contributed by atoms with Gasteiger partial charge in [-0.2, -0.15) is 0 Å². The van der Waals surface area contributed by atoms with Gasteiger partial charge in [-0.05, 0) is 24.6 Å². The van der Waals surface area contributed by atoms with Gasteiger partial charge in [0.2, 0.25) is 5.78 Å². The zero-order valence-corrected chi connectivity index (χ0v) is 7.59. The summed E-state index contributed by atoms with van der Waals surface area (Å²) in [7, 11) is 1.59. The zero-order chi connectivity index (χ0) is 9.42. The molecule has 1 aromatic carbocycles. The highest BCUT2D eigenvalue weighted by Crippen LogP contribution is 2.31. The minimum atomic E-state index is 0.0216. The second kappa shape index (κ2) is 2.76. The second-order valence-electron chi connectivity index (χ2n) is 3.03. The van der Waals surface area contributed by atoms with Crippen molar-refractivity contribution in [3.05, 3.63) is 23.3 Å². The number of ether oxygens (including phenoxy) is 2. The summed E-state index contributed by atoms with van der Waals surface area (Å²) >= 11 is 0. The Bertz CT molecular complexity index is 369.